The fourth-order valence-electron chi connectivity index (χ4n) is 3.23. The Kier molecular flexibility index (Phi) is 4.27. The maximum atomic E-state index is 12.8. The van der Waals surface area contributed by atoms with Gasteiger partial charge in [-0.25, -0.2) is 0 Å². The fourth-order valence-corrected chi connectivity index (χ4v) is 5.94. The second kappa shape index (κ2) is 6.44. The highest BCUT2D eigenvalue weighted by Crippen LogP contribution is 2.40. The van der Waals surface area contributed by atoms with E-state index in [4.69, 9.17) is 17.3 Å². The van der Waals surface area contributed by atoms with Gasteiger partial charge in [0.05, 0.1) is 10.6 Å². The second-order valence-corrected chi connectivity index (χ2v) is 8.51. The van der Waals surface area contributed by atoms with Gasteiger partial charge in [-0.05, 0) is 37.3 Å². The van der Waals surface area contributed by atoms with E-state index in [0.29, 0.717) is 20.5 Å². The summed E-state index contributed by atoms with van der Waals surface area (Å²) in [7, 11) is 0. The van der Waals surface area contributed by atoms with Gasteiger partial charge in [0.1, 0.15) is 9.88 Å². The highest BCUT2D eigenvalue weighted by Gasteiger charge is 2.26. The number of nitrogens with two attached hydrogens (primary N) is 1. The van der Waals surface area contributed by atoms with Gasteiger partial charge in [-0.2, -0.15) is 0 Å². The van der Waals surface area contributed by atoms with Crippen molar-refractivity contribution in [3.05, 3.63) is 50.2 Å². The Morgan fingerprint density at radius 3 is 2.64 bits per heavy atom. The Labute approximate surface area is 157 Å². The standard InChI is InChI=1S/C18H15ClN2O2S2/c19-14-10-6-2-4-8-12(10)24-15(14)17(23)21-18-13(16(20)22)9-5-1-3-7-11(9)25-18/h2,4,6,8H,1,3,5,7H2,(H2,20,22)(H,21,23). The summed E-state index contributed by atoms with van der Waals surface area (Å²) in [4.78, 5) is 26.3. The molecule has 1 aromatic carbocycles. The van der Waals surface area contributed by atoms with Crippen LogP contribution < -0.4 is 11.1 Å². The van der Waals surface area contributed by atoms with Gasteiger partial charge in [0.2, 0.25) is 0 Å². The Morgan fingerprint density at radius 2 is 1.88 bits per heavy atom. The number of halogens is 1. The fraction of sp³-hybridized carbons (Fsp3) is 0.222. The molecular weight excluding hydrogens is 376 g/mol. The molecule has 1 aliphatic rings. The van der Waals surface area contributed by atoms with Gasteiger partial charge in [-0.15, -0.1) is 22.7 Å². The number of hydrogen-bond acceptors (Lipinski definition) is 4. The first-order valence-electron chi connectivity index (χ1n) is 7.99. The van der Waals surface area contributed by atoms with Crippen LogP contribution in [-0.4, -0.2) is 11.8 Å². The Bertz CT molecular complexity index is 1010. The average Bonchev–Trinajstić information content (AvgIpc) is 3.13. The minimum absolute atomic E-state index is 0.299. The summed E-state index contributed by atoms with van der Waals surface area (Å²) in [5.41, 5.74) is 7.05. The molecule has 0 saturated carbocycles. The average molecular weight is 391 g/mol. The van der Waals surface area contributed by atoms with E-state index in [1.165, 1.54) is 22.7 Å². The van der Waals surface area contributed by atoms with Crippen LogP contribution in [-0.2, 0) is 12.8 Å². The smallest absolute Gasteiger partial charge is 0.267 e. The number of anilines is 1. The number of amides is 2. The molecule has 4 nitrogen and oxygen atoms in total. The maximum absolute atomic E-state index is 12.8. The third-order valence-electron chi connectivity index (χ3n) is 4.39. The van der Waals surface area contributed by atoms with Crippen molar-refractivity contribution in [1.82, 2.24) is 0 Å². The zero-order valence-electron chi connectivity index (χ0n) is 13.2. The van der Waals surface area contributed by atoms with Crippen LogP contribution in [0, 0.1) is 0 Å². The summed E-state index contributed by atoms with van der Waals surface area (Å²) >= 11 is 9.18. The molecule has 1 aliphatic carbocycles. The number of nitrogens with one attached hydrogen (secondary N) is 1. The van der Waals surface area contributed by atoms with Crippen molar-refractivity contribution < 1.29 is 9.59 Å². The van der Waals surface area contributed by atoms with Gasteiger partial charge < -0.3 is 11.1 Å². The number of aryl methyl sites for hydroxylation is 1. The first-order chi connectivity index (χ1) is 12.1. The molecule has 0 saturated heterocycles. The number of primary amides is 1. The monoisotopic (exact) mass is 390 g/mol. The van der Waals surface area contributed by atoms with Crippen molar-refractivity contribution >= 4 is 61.2 Å². The maximum Gasteiger partial charge on any atom is 0.267 e. The van der Waals surface area contributed by atoms with Crippen LogP contribution in [0.4, 0.5) is 5.00 Å². The zero-order valence-corrected chi connectivity index (χ0v) is 15.6. The van der Waals surface area contributed by atoms with Crippen molar-refractivity contribution in [2.45, 2.75) is 25.7 Å². The molecule has 2 aromatic heterocycles. The highest BCUT2D eigenvalue weighted by molar-refractivity contribution is 7.22. The van der Waals surface area contributed by atoms with Gasteiger partial charge >= 0.3 is 0 Å². The molecule has 0 atom stereocenters. The number of carbonyl (C=O) groups excluding carboxylic acids is 2. The largest absolute Gasteiger partial charge is 0.365 e. The Balaban J connectivity index is 1.72. The molecular formula is C18H15ClN2O2S2. The van der Waals surface area contributed by atoms with Gasteiger partial charge in [0.25, 0.3) is 11.8 Å². The normalized spacial score (nSPS) is 13.6. The molecule has 0 aliphatic heterocycles. The van der Waals surface area contributed by atoms with Gasteiger partial charge in [0.15, 0.2) is 0 Å². The Morgan fingerprint density at radius 1 is 1.12 bits per heavy atom. The topological polar surface area (TPSA) is 72.2 Å². The van der Waals surface area contributed by atoms with E-state index < -0.39 is 5.91 Å². The molecule has 128 valence electrons. The van der Waals surface area contributed by atoms with Crippen LogP contribution in [0.15, 0.2) is 24.3 Å². The summed E-state index contributed by atoms with van der Waals surface area (Å²) in [6.07, 6.45) is 3.91. The minimum Gasteiger partial charge on any atom is -0.365 e. The number of fused-ring (bicyclic) bond motifs is 2. The van der Waals surface area contributed by atoms with Crippen LogP contribution in [0.2, 0.25) is 5.02 Å². The zero-order chi connectivity index (χ0) is 17.6. The SMILES string of the molecule is NC(=O)c1c(NC(=O)c2sc3ccccc3c2Cl)sc2c1CCCC2. The number of carbonyl (C=O) groups is 2. The predicted molar refractivity (Wildman–Crippen MR) is 104 cm³/mol. The van der Waals surface area contributed by atoms with E-state index in [0.717, 1.165) is 46.2 Å². The lowest BCUT2D eigenvalue weighted by Crippen LogP contribution is -2.18. The molecule has 0 spiro atoms. The molecule has 25 heavy (non-hydrogen) atoms. The van der Waals surface area contributed by atoms with E-state index in [1.807, 2.05) is 24.3 Å². The van der Waals surface area contributed by atoms with Crippen LogP contribution in [0.5, 0.6) is 0 Å². The van der Waals surface area contributed by atoms with E-state index in [-0.39, 0.29) is 5.91 Å². The third-order valence-corrected chi connectivity index (χ3v) is 7.27. The Hall–Kier alpha value is -1.89. The second-order valence-electron chi connectivity index (χ2n) is 5.97. The molecule has 0 bridgehead atoms. The number of benzene rings is 1. The van der Waals surface area contributed by atoms with Gasteiger partial charge in [-0.1, -0.05) is 29.8 Å². The summed E-state index contributed by atoms with van der Waals surface area (Å²) in [5, 5.41) is 4.72. The summed E-state index contributed by atoms with van der Waals surface area (Å²) in [6.45, 7) is 0. The van der Waals surface area contributed by atoms with Gasteiger partial charge in [-0.3, -0.25) is 9.59 Å². The molecule has 3 aromatic rings. The molecule has 0 unspecified atom stereocenters. The van der Waals surface area contributed by atoms with Crippen LogP contribution in [0.3, 0.4) is 0 Å². The molecule has 2 heterocycles. The molecule has 4 rings (SSSR count). The number of rotatable bonds is 3. The first kappa shape index (κ1) is 16.6. The van der Waals surface area contributed by atoms with Crippen LogP contribution >= 0.6 is 34.3 Å². The summed E-state index contributed by atoms with van der Waals surface area (Å²) < 4.78 is 0.957. The third kappa shape index (κ3) is 2.84. The molecule has 0 radical (unpaired) electrons. The van der Waals surface area contributed by atoms with Crippen molar-refractivity contribution in [3.63, 3.8) is 0 Å². The molecule has 3 N–H and O–H groups in total. The summed E-state index contributed by atoms with van der Waals surface area (Å²) in [6, 6.07) is 7.63. The lowest BCUT2D eigenvalue weighted by Gasteiger charge is -2.11. The number of hydrogen-bond donors (Lipinski definition) is 2. The van der Waals surface area contributed by atoms with Crippen LogP contribution in [0.1, 0.15) is 43.3 Å². The highest BCUT2D eigenvalue weighted by atomic mass is 35.5. The quantitative estimate of drug-likeness (QED) is 0.671. The molecule has 0 fully saturated rings. The van der Waals surface area contributed by atoms with E-state index in [2.05, 4.69) is 5.32 Å². The van der Waals surface area contributed by atoms with Crippen LogP contribution in [0.25, 0.3) is 10.1 Å². The number of thiophene rings is 2. The van der Waals surface area contributed by atoms with E-state index in [1.54, 1.807) is 0 Å². The predicted octanol–water partition coefficient (Wildman–Crippen LogP) is 4.85. The van der Waals surface area contributed by atoms with E-state index >= 15 is 0 Å². The van der Waals surface area contributed by atoms with Crippen molar-refractivity contribution in [2.24, 2.45) is 5.73 Å². The van der Waals surface area contributed by atoms with Crippen molar-refractivity contribution in [3.8, 4) is 0 Å². The molecule has 7 heteroatoms. The first-order valence-corrected chi connectivity index (χ1v) is 10.00. The lowest BCUT2D eigenvalue weighted by molar-refractivity contribution is 0.100. The lowest BCUT2D eigenvalue weighted by atomic mass is 9.95. The van der Waals surface area contributed by atoms with Crippen molar-refractivity contribution in [1.29, 1.82) is 0 Å². The van der Waals surface area contributed by atoms with E-state index in [9.17, 15) is 9.59 Å². The summed E-state index contributed by atoms with van der Waals surface area (Å²) in [5.74, 6) is -0.788. The van der Waals surface area contributed by atoms with Crippen molar-refractivity contribution in [2.75, 3.05) is 5.32 Å². The van der Waals surface area contributed by atoms with Gasteiger partial charge in [0, 0.05) is 15.0 Å². The minimum atomic E-state index is -0.489. The molecule has 2 amide bonds.